The Kier molecular flexibility index (Phi) is 5.77. The first-order valence-electron chi connectivity index (χ1n) is 13.6. The van der Waals surface area contributed by atoms with E-state index in [0.717, 1.165) is 41.0 Å². The summed E-state index contributed by atoms with van der Waals surface area (Å²) in [6.45, 7) is 4.11. The third kappa shape index (κ3) is 4.11. The first-order valence-corrected chi connectivity index (χ1v) is 13.6. The first-order chi connectivity index (χ1) is 19.2. The molecule has 0 radical (unpaired) electrons. The number of nitrogens with zero attached hydrogens (tertiary/aromatic N) is 2. The van der Waals surface area contributed by atoms with Crippen molar-refractivity contribution in [2.45, 2.75) is 26.2 Å². The lowest BCUT2D eigenvalue weighted by atomic mass is 9.85. The van der Waals surface area contributed by atoms with Crippen molar-refractivity contribution in [1.29, 1.82) is 0 Å². The minimum atomic E-state index is -0.0178. The third-order valence-electron chi connectivity index (χ3n) is 7.82. The van der Waals surface area contributed by atoms with Gasteiger partial charge in [-0.25, -0.2) is 0 Å². The molecule has 2 heterocycles. The SMILES string of the molecule is Cc1ccc(Nc2cc(/C=C(\c3ccccc3)N3CCCCC3)c3noc4c3c2C(=O)c2ccccc2-4)cc1. The van der Waals surface area contributed by atoms with Crippen molar-refractivity contribution < 1.29 is 9.32 Å². The van der Waals surface area contributed by atoms with Crippen molar-refractivity contribution in [3.8, 4) is 11.3 Å². The van der Waals surface area contributed by atoms with Gasteiger partial charge >= 0.3 is 0 Å². The highest BCUT2D eigenvalue weighted by Gasteiger charge is 2.32. The fraction of sp³-hybridized carbons (Fsp3) is 0.176. The van der Waals surface area contributed by atoms with Gasteiger partial charge in [0.2, 0.25) is 0 Å². The number of nitrogens with one attached hydrogen (secondary N) is 1. The molecule has 0 atom stereocenters. The normalized spacial score (nSPS) is 14.9. The second-order valence-electron chi connectivity index (χ2n) is 10.4. The Labute approximate surface area is 227 Å². The Hall–Kier alpha value is -4.64. The van der Waals surface area contributed by atoms with Gasteiger partial charge in [-0.3, -0.25) is 4.79 Å². The summed E-state index contributed by atoms with van der Waals surface area (Å²) < 4.78 is 5.99. The quantitative estimate of drug-likeness (QED) is 0.237. The highest BCUT2D eigenvalue weighted by Crippen LogP contribution is 2.45. The van der Waals surface area contributed by atoms with E-state index < -0.39 is 0 Å². The number of benzene rings is 4. The summed E-state index contributed by atoms with van der Waals surface area (Å²) in [5, 5.41) is 8.88. The molecule has 39 heavy (non-hydrogen) atoms. The number of anilines is 2. The molecule has 0 amide bonds. The van der Waals surface area contributed by atoms with Crippen LogP contribution in [0, 0.1) is 6.92 Å². The van der Waals surface area contributed by atoms with Gasteiger partial charge in [0.1, 0.15) is 5.52 Å². The zero-order valence-electron chi connectivity index (χ0n) is 21.9. The third-order valence-corrected chi connectivity index (χ3v) is 7.82. The fourth-order valence-electron chi connectivity index (χ4n) is 5.83. The summed E-state index contributed by atoms with van der Waals surface area (Å²) in [6.07, 6.45) is 5.84. The number of likely N-dealkylation sites (tertiary alicyclic amines) is 1. The van der Waals surface area contributed by atoms with Crippen molar-refractivity contribution in [2.24, 2.45) is 0 Å². The van der Waals surface area contributed by atoms with Crippen LogP contribution >= 0.6 is 0 Å². The Morgan fingerprint density at radius 3 is 2.38 bits per heavy atom. The van der Waals surface area contributed by atoms with Gasteiger partial charge in [-0.15, -0.1) is 0 Å². The lowest BCUT2D eigenvalue weighted by Gasteiger charge is -2.31. The van der Waals surface area contributed by atoms with E-state index in [9.17, 15) is 4.79 Å². The largest absolute Gasteiger partial charge is 0.371 e. The summed E-state index contributed by atoms with van der Waals surface area (Å²) in [7, 11) is 0. The predicted molar refractivity (Wildman–Crippen MR) is 157 cm³/mol. The van der Waals surface area contributed by atoms with Gasteiger partial charge in [-0.2, -0.15) is 0 Å². The minimum absolute atomic E-state index is 0.0178. The maximum absolute atomic E-state index is 13.9. The summed E-state index contributed by atoms with van der Waals surface area (Å²) in [6, 6.07) is 28.4. The molecule has 5 heteroatoms. The topological polar surface area (TPSA) is 58.4 Å². The maximum Gasteiger partial charge on any atom is 0.196 e. The molecule has 5 aromatic rings. The van der Waals surface area contributed by atoms with Crippen LogP contribution in [-0.2, 0) is 0 Å². The number of aromatic nitrogens is 1. The molecular weight excluding hydrogens is 482 g/mol. The summed E-state index contributed by atoms with van der Waals surface area (Å²) in [5.74, 6) is 0.632. The molecule has 1 fully saturated rings. The molecule has 0 spiro atoms. The molecule has 1 aliphatic carbocycles. The Balaban J connectivity index is 1.48. The number of fused-ring (bicyclic) bond motifs is 2. The molecule has 0 bridgehead atoms. The van der Waals surface area contributed by atoms with Crippen LogP contribution in [0.3, 0.4) is 0 Å². The van der Waals surface area contributed by atoms with E-state index >= 15 is 0 Å². The highest BCUT2D eigenvalue weighted by molar-refractivity contribution is 6.28. The zero-order valence-corrected chi connectivity index (χ0v) is 21.9. The lowest BCUT2D eigenvalue weighted by molar-refractivity contribution is 0.104. The number of carbonyl (C=O) groups excluding carboxylic acids is 1. The number of hydrogen-bond donors (Lipinski definition) is 1. The van der Waals surface area contributed by atoms with Crippen LogP contribution in [0.5, 0.6) is 0 Å². The van der Waals surface area contributed by atoms with E-state index in [1.54, 1.807) is 0 Å². The lowest BCUT2D eigenvalue weighted by Crippen LogP contribution is -2.28. The molecule has 2 aliphatic rings. The molecular formula is C34H29N3O2. The standard InChI is InChI=1S/C34H29N3O2/c1-22-14-16-25(17-15-22)35-28-20-24(21-29(23-10-4-2-5-11-23)37-18-8-3-9-19-37)32-31-30(28)33(38)26-12-6-7-13-27(26)34(31)39-36-32/h2,4-7,10-17,20-21,35H,3,8-9,18-19H2,1H3/b29-21+. The van der Waals surface area contributed by atoms with Gasteiger partial charge in [0.25, 0.3) is 0 Å². The van der Waals surface area contributed by atoms with E-state index in [1.807, 2.05) is 42.5 Å². The van der Waals surface area contributed by atoms with Crippen LogP contribution in [0.25, 0.3) is 34.0 Å². The van der Waals surface area contributed by atoms with Crippen LogP contribution in [0.2, 0.25) is 0 Å². The Morgan fingerprint density at radius 1 is 0.897 bits per heavy atom. The summed E-state index contributed by atoms with van der Waals surface area (Å²) in [5.41, 5.74) is 8.87. The van der Waals surface area contributed by atoms with Crippen LogP contribution < -0.4 is 5.32 Å². The van der Waals surface area contributed by atoms with Crippen molar-refractivity contribution in [3.63, 3.8) is 0 Å². The minimum Gasteiger partial charge on any atom is -0.371 e. The Morgan fingerprint density at radius 2 is 1.62 bits per heavy atom. The van der Waals surface area contributed by atoms with Crippen molar-refractivity contribution in [3.05, 3.63) is 113 Å². The van der Waals surface area contributed by atoms with E-state index in [2.05, 4.69) is 70.8 Å². The van der Waals surface area contributed by atoms with Gasteiger partial charge in [-0.05, 0) is 56.0 Å². The van der Waals surface area contributed by atoms with Crippen LogP contribution in [-0.4, -0.2) is 28.9 Å². The molecule has 0 unspecified atom stereocenters. The van der Waals surface area contributed by atoms with Gasteiger partial charge in [0.15, 0.2) is 11.5 Å². The smallest absolute Gasteiger partial charge is 0.196 e. The second kappa shape index (κ2) is 9.59. The van der Waals surface area contributed by atoms with E-state index in [4.69, 9.17) is 4.52 Å². The molecule has 4 aromatic carbocycles. The maximum atomic E-state index is 13.9. The van der Waals surface area contributed by atoms with Gasteiger partial charge in [0, 0.05) is 41.2 Å². The second-order valence-corrected chi connectivity index (χ2v) is 10.4. The molecule has 192 valence electrons. The van der Waals surface area contributed by atoms with Crippen LogP contribution in [0.4, 0.5) is 11.4 Å². The number of aryl methyl sites for hydroxylation is 1. The predicted octanol–water partition coefficient (Wildman–Crippen LogP) is 8.08. The molecule has 7 rings (SSSR count). The summed E-state index contributed by atoms with van der Waals surface area (Å²) >= 11 is 0. The van der Waals surface area contributed by atoms with Crippen molar-refractivity contribution >= 4 is 39.8 Å². The van der Waals surface area contributed by atoms with Gasteiger partial charge in [-0.1, -0.05) is 77.5 Å². The van der Waals surface area contributed by atoms with Crippen LogP contribution in [0.15, 0.2) is 89.5 Å². The number of ketones is 1. The van der Waals surface area contributed by atoms with Crippen molar-refractivity contribution in [1.82, 2.24) is 10.1 Å². The molecule has 1 aromatic heterocycles. The fourth-order valence-corrected chi connectivity index (χ4v) is 5.83. The molecule has 1 saturated heterocycles. The zero-order chi connectivity index (χ0) is 26.3. The highest BCUT2D eigenvalue weighted by atomic mass is 16.5. The molecule has 0 saturated carbocycles. The van der Waals surface area contributed by atoms with E-state index in [-0.39, 0.29) is 5.78 Å². The number of piperidine rings is 1. The first kappa shape index (κ1) is 23.5. The monoisotopic (exact) mass is 511 g/mol. The van der Waals surface area contributed by atoms with E-state index in [1.165, 1.54) is 36.1 Å². The Bertz CT molecular complexity index is 1730. The number of hydrogen-bond acceptors (Lipinski definition) is 5. The number of rotatable bonds is 5. The van der Waals surface area contributed by atoms with Gasteiger partial charge in [0.05, 0.1) is 16.6 Å². The average molecular weight is 512 g/mol. The molecule has 1 N–H and O–H groups in total. The molecule has 5 nitrogen and oxygen atoms in total. The van der Waals surface area contributed by atoms with E-state index in [0.29, 0.717) is 22.4 Å². The molecule has 1 aliphatic heterocycles. The van der Waals surface area contributed by atoms with Crippen LogP contribution in [0.1, 0.15) is 51.9 Å². The number of carbonyl (C=O) groups is 1. The summed E-state index contributed by atoms with van der Waals surface area (Å²) in [4.78, 5) is 16.4. The van der Waals surface area contributed by atoms with Gasteiger partial charge < -0.3 is 14.7 Å². The van der Waals surface area contributed by atoms with Crippen molar-refractivity contribution in [2.75, 3.05) is 18.4 Å². The average Bonchev–Trinajstić information content (AvgIpc) is 3.43.